The van der Waals surface area contributed by atoms with Crippen LogP contribution in [0.3, 0.4) is 0 Å². The minimum atomic E-state index is -0.271. The standard InChI is InChI=1S/C18H22FN3OS2/c1-13-6-8-22(9-7-13)10-15-11-25-18(20-15)21-17(23)12-24-16-4-2-14(19)3-5-16/h2-5,11,13H,6-10,12H2,1H3,(H,20,21,23). The maximum atomic E-state index is 12.9. The van der Waals surface area contributed by atoms with Crippen molar-refractivity contribution in [3.63, 3.8) is 0 Å². The number of aromatic nitrogens is 1. The lowest BCUT2D eigenvalue weighted by atomic mass is 9.99. The summed E-state index contributed by atoms with van der Waals surface area (Å²) in [7, 11) is 0. The number of rotatable bonds is 6. The Labute approximate surface area is 155 Å². The van der Waals surface area contributed by atoms with Gasteiger partial charge in [0, 0.05) is 16.8 Å². The number of thiazole rings is 1. The van der Waals surface area contributed by atoms with E-state index in [9.17, 15) is 9.18 Å². The molecule has 7 heteroatoms. The monoisotopic (exact) mass is 379 g/mol. The van der Waals surface area contributed by atoms with E-state index in [1.54, 1.807) is 12.1 Å². The van der Waals surface area contributed by atoms with Crippen LogP contribution in [0.5, 0.6) is 0 Å². The summed E-state index contributed by atoms with van der Waals surface area (Å²) in [6.07, 6.45) is 2.49. The van der Waals surface area contributed by atoms with Crippen LogP contribution in [0, 0.1) is 11.7 Å². The number of likely N-dealkylation sites (tertiary alicyclic amines) is 1. The number of thioether (sulfide) groups is 1. The van der Waals surface area contributed by atoms with Gasteiger partial charge in [-0.2, -0.15) is 0 Å². The first-order chi connectivity index (χ1) is 12.1. The van der Waals surface area contributed by atoms with Gasteiger partial charge >= 0.3 is 0 Å². The maximum Gasteiger partial charge on any atom is 0.236 e. The third-order valence-corrected chi connectivity index (χ3v) is 6.06. The molecular weight excluding hydrogens is 357 g/mol. The fourth-order valence-electron chi connectivity index (χ4n) is 2.72. The number of carbonyl (C=O) groups excluding carboxylic acids is 1. The quantitative estimate of drug-likeness (QED) is 0.763. The number of amides is 1. The Morgan fingerprint density at radius 2 is 2.08 bits per heavy atom. The molecule has 1 aromatic carbocycles. The minimum absolute atomic E-state index is 0.0953. The van der Waals surface area contributed by atoms with Crippen molar-refractivity contribution in [2.75, 3.05) is 24.2 Å². The van der Waals surface area contributed by atoms with Crippen LogP contribution in [-0.4, -0.2) is 34.6 Å². The molecule has 0 saturated carbocycles. The molecule has 0 unspecified atom stereocenters. The fourth-order valence-corrected chi connectivity index (χ4v) is 4.14. The zero-order chi connectivity index (χ0) is 17.6. The lowest BCUT2D eigenvalue weighted by Crippen LogP contribution is -2.32. The van der Waals surface area contributed by atoms with Gasteiger partial charge in [-0.1, -0.05) is 6.92 Å². The first-order valence-electron chi connectivity index (χ1n) is 8.43. The van der Waals surface area contributed by atoms with Gasteiger partial charge in [-0.3, -0.25) is 9.69 Å². The Balaban J connectivity index is 1.44. The normalized spacial score (nSPS) is 16.1. The van der Waals surface area contributed by atoms with Gasteiger partial charge in [-0.15, -0.1) is 23.1 Å². The summed E-state index contributed by atoms with van der Waals surface area (Å²) in [5.74, 6) is 0.735. The summed E-state index contributed by atoms with van der Waals surface area (Å²) in [5.41, 5.74) is 1.01. The van der Waals surface area contributed by atoms with E-state index in [-0.39, 0.29) is 17.5 Å². The van der Waals surface area contributed by atoms with Gasteiger partial charge in [0.05, 0.1) is 11.4 Å². The summed E-state index contributed by atoms with van der Waals surface area (Å²) in [4.78, 5) is 19.8. The summed E-state index contributed by atoms with van der Waals surface area (Å²) < 4.78 is 12.9. The Morgan fingerprint density at radius 3 is 2.80 bits per heavy atom. The van der Waals surface area contributed by atoms with Gasteiger partial charge in [0.2, 0.25) is 5.91 Å². The van der Waals surface area contributed by atoms with Crippen LogP contribution in [-0.2, 0) is 11.3 Å². The lowest BCUT2D eigenvalue weighted by molar-refractivity contribution is -0.113. The molecule has 1 aromatic heterocycles. The number of benzene rings is 1. The van der Waals surface area contributed by atoms with Crippen molar-refractivity contribution >= 4 is 34.1 Å². The Morgan fingerprint density at radius 1 is 1.36 bits per heavy atom. The molecule has 0 bridgehead atoms. The van der Waals surface area contributed by atoms with Crippen molar-refractivity contribution in [3.05, 3.63) is 41.2 Å². The van der Waals surface area contributed by atoms with E-state index < -0.39 is 0 Å². The first-order valence-corrected chi connectivity index (χ1v) is 10.3. The second-order valence-corrected chi connectivity index (χ2v) is 8.30. The van der Waals surface area contributed by atoms with Crippen molar-refractivity contribution in [2.24, 2.45) is 5.92 Å². The van der Waals surface area contributed by atoms with Gasteiger partial charge < -0.3 is 5.32 Å². The maximum absolute atomic E-state index is 12.9. The van der Waals surface area contributed by atoms with Crippen molar-refractivity contribution in [2.45, 2.75) is 31.2 Å². The Kier molecular flexibility index (Phi) is 6.45. The smallest absolute Gasteiger partial charge is 0.236 e. The molecule has 0 aliphatic carbocycles. The second-order valence-electron chi connectivity index (χ2n) is 6.39. The molecule has 0 spiro atoms. The number of halogens is 1. The predicted octanol–water partition coefficient (Wildman–Crippen LogP) is 4.24. The highest BCUT2D eigenvalue weighted by molar-refractivity contribution is 8.00. The van der Waals surface area contributed by atoms with Crippen LogP contribution in [0.2, 0.25) is 0 Å². The number of anilines is 1. The van der Waals surface area contributed by atoms with E-state index in [1.165, 1.54) is 48.1 Å². The average Bonchev–Trinajstić information content (AvgIpc) is 3.03. The molecule has 1 aliphatic rings. The molecule has 134 valence electrons. The van der Waals surface area contributed by atoms with Gasteiger partial charge in [0.1, 0.15) is 5.82 Å². The van der Waals surface area contributed by atoms with Crippen LogP contribution in [0.25, 0.3) is 0 Å². The van der Waals surface area contributed by atoms with Gasteiger partial charge in [0.25, 0.3) is 0 Å². The number of nitrogens with one attached hydrogen (secondary N) is 1. The molecule has 1 aliphatic heterocycles. The van der Waals surface area contributed by atoms with Crippen LogP contribution in [0.1, 0.15) is 25.5 Å². The van der Waals surface area contributed by atoms with Crippen LogP contribution in [0.4, 0.5) is 9.52 Å². The van der Waals surface area contributed by atoms with Gasteiger partial charge in [-0.05, 0) is 56.1 Å². The van der Waals surface area contributed by atoms with Gasteiger partial charge in [0.15, 0.2) is 5.13 Å². The van der Waals surface area contributed by atoms with Crippen molar-refractivity contribution in [3.8, 4) is 0 Å². The predicted molar refractivity (Wildman–Crippen MR) is 102 cm³/mol. The molecule has 1 fully saturated rings. The van der Waals surface area contributed by atoms with Crippen molar-refractivity contribution in [1.82, 2.24) is 9.88 Å². The van der Waals surface area contributed by atoms with Crippen LogP contribution < -0.4 is 5.32 Å². The molecule has 25 heavy (non-hydrogen) atoms. The third kappa shape index (κ3) is 5.80. The molecule has 1 amide bonds. The summed E-state index contributed by atoms with van der Waals surface area (Å²) in [6.45, 7) is 5.39. The Bertz CT molecular complexity index is 697. The van der Waals surface area contributed by atoms with Crippen molar-refractivity contribution in [1.29, 1.82) is 0 Å². The minimum Gasteiger partial charge on any atom is -0.301 e. The van der Waals surface area contributed by atoms with Crippen molar-refractivity contribution < 1.29 is 9.18 Å². The first kappa shape index (κ1) is 18.4. The second kappa shape index (κ2) is 8.78. The lowest BCUT2D eigenvalue weighted by Gasteiger charge is -2.29. The number of hydrogen-bond donors (Lipinski definition) is 1. The summed E-state index contributed by atoms with van der Waals surface area (Å²) in [5, 5.41) is 5.50. The van der Waals surface area contributed by atoms with E-state index in [4.69, 9.17) is 0 Å². The molecule has 3 rings (SSSR count). The highest BCUT2D eigenvalue weighted by Crippen LogP contribution is 2.22. The van der Waals surface area contributed by atoms with Gasteiger partial charge in [-0.25, -0.2) is 9.37 Å². The number of hydrogen-bond acceptors (Lipinski definition) is 5. The molecule has 2 aromatic rings. The Hall–Kier alpha value is -1.44. The van der Waals surface area contributed by atoms with E-state index in [1.807, 2.05) is 5.38 Å². The topological polar surface area (TPSA) is 45.2 Å². The van der Waals surface area contributed by atoms with Crippen LogP contribution in [0.15, 0.2) is 34.5 Å². The van der Waals surface area contributed by atoms with E-state index in [0.717, 1.165) is 36.1 Å². The number of nitrogens with zero attached hydrogens (tertiary/aromatic N) is 2. The average molecular weight is 380 g/mol. The number of carbonyl (C=O) groups is 1. The molecule has 1 N–H and O–H groups in total. The largest absolute Gasteiger partial charge is 0.301 e. The summed E-state index contributed by atoms with van der Waals surface area (Å²) in [6, 6.07) is 6.14. The molecule has 4 nitrogen and oxygen atoms in total. The molecule has 2 heterocycles. The zero-order valence-electron chi connectivity index (χ0n) is 14.2. The molecule has 0 atom stereocenters. The van der Waals surface area contributed by atoms with Crippen LogP contribution >= 0.6 is 23.1 Å². The third-order valence-electron chi connectivity index (χ3n) is 4.24. The SMILES string of the molecule is CC1CCN(Cc2csc(NC(=O)CSc3ccc(F)cc3)n2)CC1. The molecule has 1 saturated heterocycles. The molecular formula is C18H22FN3OS2. The highest BCUT2D eigenvalue weighted by atomic mass is 32.2. The summed E-state index contributed by atoms with van der Waals surface area (Å²) >= 11 is 2.84. The highest BCUT2D eigenvalue weighted by Gasteiger charge is 2.17. The van der Waals surface area contributed by atoms with E-state index >= 15 is 0 Å². The fraction of sp³-hybridized carbons (Fsp3) is 0.444. The van der Waals surface area contributed by atoms with E-state index in [2.05, 4.69) is 22.1 Å². The molecule has 0 radical (unpaired) electrons. The number of piperidine rings is 1. The zero-order valence-corrected chi connectivity index (χ0v) is 15.8. The van der Waals surface area contributed by atoms with E-state index in [0.29, 0.717) is 5.13 Å².